The number of nitrogens with zero attached hydrogens (tertiary/aromatic N) is 2. The molecule has 142 valence electrons. The Hall–Kier alpha value is -3.12. The third kappa shape index (κ3) is 3.27. The fourth-order valence-corrected chi connectivity index (χ4v) is 3.61. The molecule has 0 aliphatic carbocycles. The van der Waals surface area contributed by atoms with Crippen molar-refractivity contribution in [1.29, 1.82) is 0 Å². The van der Waals surface area contributed by atoms with Crippen molar-refractivity contribution in [3.05, 3.63) is 70.8 Å². The van der Waals surface area contributed by atoms with Crippen molar-refractivity contribution in [1.82, 2.24) is 14.9 Å². The van der Waals surface area contributed by atoms with E-state index < -0.39 is 5.97 Å². The Balaban J connectivity index is 1.80. The first-order chi connectivity index (χ1) is 13.6. The van der Waals surface area contributed by atoms with E-state index in [1.165, 1.54) is 17.2 Å². The number of halogens is 1. The summed E-state index contributed by atoms with van der Waals surface area (Å²) in [5.41, 5.74) is 3.39. The van der Waals surface area contributed by atoms with Crippen LogP contribution < -0.4 is 0 Å². The van der Waals surface area contributed by atoms with E-state index >= 15 is 0 Å². The van der Waals surface area contributed by atoms with Crippen molar-refractivity contribution in [2.45, 2.75) is 13.3 Å². The molecule has 0 atom stereocenters. The van der Waals surface area contributed by atoms with Gasteiger partial charge in [0.15, 0.2) is 0 Å². The van der Waals surface area contributed by atoms with Crippen LogP contribution in [0.5, 0.6) is 0 Å². The number of para-hydroxylation sites is 1. The molecule has 0 bridgehead atoms. The number of aromatic amines is 1. The number of amides is 1. The van der Waals surface area contributed by atoms with Gasteiger partial charge < -0.3 is 14.6 Å². The molecule has 0 saturated carbocycles. The molecule has 1 aliphatic rings. The molecule has 0 saturated heterocycles. The van der Waals surface area contributed by atoms with Gasteiger partial charge in [-0.3, -0.25) is 4.79 Å². The molecule has 7 heteroatoms. The Kier molecular flexibility index (Phi) is 4.88. The number of fused-ring (bicyclic) bond motifs is 3. The van der Waals surface area contributed by atoms with E-state index in [0.29, 0.717) is 29.8 Å². The van der Waals surface area contributed by atoms with Crippen LogP contribution in [0.25, 0.3) is 16.5 Å². The number of carbonyl (C=O) groups is 2. The molecule has 6 nitrogen and oxygen atoms in total. The Morgan fingerprint density at radius 2 is 2.11 bits per heavy atom. The second kappa shape index (κ2) is 7.48. The summed E-state index contributed by atoms with van der Waals surface area (Å²) in [6.07, 6.45) is 3.65. The van der Waals surface area contributed by atoms with Crippen LogP contribution in [-0.4, -0.2) is 39.9 Å². The van der Waals surface area contributed by atoms with Crippen LogP contribution in [0, 0.1) is 0 Å². The summed E-state index contributed by atoms with van der Waals surface area (Å²) < 4.78 is 5.25. The third-order valence-corrected chi connectivity index (χ3v) is 4.91. The maximum Gasteiger partial charge on any atom is 0.341 e. The van der Waals surface area contributed by atoms with Gasteiger partial charge in [0.1, 0.15) is 5.15 Å². The lowest BCUT2D eigenvalue weighted by Gasteiger charge is -2.18. The fourth-order valence-electron chi connectivity index (χ4n) is 3.43. The minimum Gasteiger partial charge on any atom is -0.462 e. The van der Waals surface area contributed by atoms with Gasteiger partial charge in [0, 0.05) is 35.4 Å². The molecule has 1 aliphatic heterocycles. The zero-order valence-corrected chi connectivity index (χ0v) is 16.0. The van der Waals surface area contributed by atoms with Crippen molar-refractivity contribution < 1.29 is 14.3 Å². The fraction of sp³-hybridized carbons (Fsp3) is 0.190. The van der Waals surface area contributed by atoms with E-state index in [2.05, 4.69) is 9.97 Å². The Bertz CT molecular complexity index is 1100. The Morgan fingerprint density at radius 3 is 2.89 bits per heavy atom. The van der Waals surface area contributed by atoms with Gasteiger partial charge in [-0.05, 0) is 37.1 Å². The average Bonchev–Trinajstić information content (AvgIpc) is 2.95. The highest BCUT2D eigenvalue weighted by atomic mass is 35.5. The van der Waals surface area contributed by atoms with Crippen LogP contribution in [-0.2, 0) is 16.0 Å². The number of H-pyrrole nitrogens is 1. The van der Waals surface area contributed by atoms with Crippen LogP contribution in [0.15, 0.2) is 48.8 Å². The number of hydrogen-bond acceptors (Lipinski definition) is 4. The number of benzene rings is 1. The van der Waals surface area contributed by atoms with Gasteiger partial charge in [0.05, 0.1) is 17.9 Å². The largest absolute Gasteiger partial charge is 0.462 e. The number of aromatic nitrogens is 2. The normalized spacial score (nSPS) is 13.6. The zero-order valence-electron chi connectivity index (χ0n) is 15.2. The van der Waals surface area contributed by atoms with Gasteiger partial charge in [-0.25, -0.2) is 9.78 Å². The van der Waals surface area contributed by atoms with Gasteiger partial charge in [-0.15, -0.1) is 0 Å². The number of rotatable bonds is 3. The molecule has 2 aromatic heterocycles. The third-order valence-electron chi connectivity index (χ3n) is 4.70. The lowest BCUT2D eigenvalue weighted by Crippen LogP contribution is -2.28. The van der Waals surface area contributed by atoms with E-state index in [0.717, 1.165) is 16.5 Å². The van der Waals surface area contributed by atoms with Gasteiger partial charge in [-0.2, -0.15) is 0 Å². The molecule has 1 aromatic carbocycles. The average molecular weight is 396 g/mol. The SMILES string of the molecule is CCOC(=O)C1=CN(C(=O)c2ccnc(Cl)c2)CCc2c1[nH]c1ccccc21. The summed E-state index contributed by atoms with van der Waals surface area (Å²) in [6.45, 7) is 2.43. The van der Waals surface area contributed by atoms with E-state index in [1.807, 2.05) is 24.3 Å². The van der Waals surface area contributed by atoms with Crippen LogP contribution in [0.4, 0.5) is 0 Å². The number of hydrogen-bond donors (Lipinski definition) is 1. The molecule has 1 N–H and O–H groups in total. The smallest absolute Gasteiger partial charge is 0.341 e. The van der Waals surface area contributed by atoms with Crippen LogP contribution in [0.1, 0.15) is 28.5 Å². The zero-order chi connectivity index (χ0) is 19.7. The molecule has 4 rings (SSSR count). The molecular weight excluding hydrogens is 378 g/mol. The maximum atomic E-state index is 13.0. The van der Waals surface area contributed by atoms with Gasteiger partial charge >= 0.3 is 5.97 Å². The minimum atomic E-state index is -0.470. The molecular formula is C21H18ClN3O3. The lowest BCUT2D eigenvalue weighted by molar-refractivity contribution is -0.136. The standard InChI is InChI=1S/C21H18ClN3O3/c1-2-28-21(27)16-12-25(20(26)13-7-9-23-18(22)11-13)10-8-15-14-5-3-4-6-17(14)24-19(15)16/h3-7,9,11-12,24H,2,8,10H2,1H3. The molecule has 0 radical (unpaired) electrons. The van der Waals surface area contributed by atoms with Crippen LogP contribution >= 0.6 is 11.6 Å². The van der Waals surface area contributed by atoms with Crippen molar-refractivity contribution >= 4 is 40.0 Å². The van der Waals surface area contributed by atoms with E-state index in [4.69, 9.17) is 16.3 Å². The van der Waals surface area contributed by atoms with Crippen molar-refractivity contribution in [3.8, 4) is 0 Å². The maximum absolute atomic E-state index is 13.0. The molecule has 28 heavy (non-hydrogen) atoms. The van der Waals surface area contributed by atoms with Crippen molar-refractivity contribution in [3.63, 3.8) is 0 Å². The first kappa shape index (κ1) is 18.3. The van der Waals surface area contributed by atoms with Gasteiger partial charge in [0.25, 0.3) is 5.91 Å². The Labute approximate surface area is 166 Å². The number of carbonyl (C=O) groups excluding carboxylic acids is 2. The molecule has 3 heterocycles. The first-order valence-corrected chi connectivity index (χ1v) is 9.37. The predicted octanol–water partition coefficient (Wildman–Crippen LogP) is 3.82. The highest BCUT2D eigenvalue weighted by Crippen LogP contribution is 2.31. The number of esters is 1. The monoisotopic (exact) mass is 395 g/mol. The summed E-state index contributed by atoms with van der Waals surface area (Å²) in [4.78, 5) is 34.4. The molecule has 0 fully saturated rings. The lowest BCUT2D eigenvalue weighted by atomic mass is 10.0. The number of pyridine rings is 1. The molecule has 3 aromatic rings. The first-order valence-electron chi connectivity index (χ1n) is 9.00. The second-order valence-corrected chi connectivity index (χ2v) is 6.79. The topological polar surface area (TPSA) is 75.3 Å². The van der Waals surface area contributed by atoms with Crippen LogP contribution in [0.2, 0.25) is 5.15 Å². The van der Waals surface area contributed by atoms with E-state index in [1.54, 1.807) is 19.2 Å². The van der Waals surface area contributed by atoms with E-state index in [9.17, 15) is 9.59 Å². The number of ether oxygens (including phenoxy) is 1. The minimum absolute atomic E-state index is 0.242. The highest BCUT2D eigenvalue weighted by Gasteiger charge is 2.27. The summed E-state index contributed by atoms with van der Waals surface area (Å²) in [6, 6.07) is 11.0. The second-order valence-electron chi connectivity index (χ2n) is 6.40. The summed E-state index contributed by atoms with van der Waals surface area (Å²) in [5, 5.41) is 1.28. The van der Waals surface area contributed by atoms with Crippen molar-refractivity contribution in [2.24, 2.45) is 0 Å². The summed E-state index contributed by atoms with van der Waals surface area (Å²) in [7, 11) is 0. The van der Waals surface area contributed by atoms with Gasteiger partial charge in [-0.1, -0.05) is 29.8 Å². The van der Waals surface area contributed by atoms with Crippen molar-refractivity contribution in [2.75, 3.05) is 13.2 Å². The summed E-state index contributed by atoms with van der Waals surface area (Å²) in [5.74, 6) is -0.719. The van der Waals surface area contributed by atoms with Crippen LogP contribution in [0.3, 0.4) is 0 Å². The Morgan fingerprint density at radius 1 is 1.29 bits per heavy atom. The molecule has 0 unspecified atom stereocenters. The van der Waals surface area contributed by atoms with Gasteiger partial charge in [0.2, 0.25) is 0 Å². The highest BCUT2D eigenvalue weighted by molar-refractivity contribution is 6.29. The quantitative estimate of drug-likeness (QED) is 0.540. The van der Waals surface area contributed by atoms with E-state index in [-0.39, 0.29) is 17.7 Å². The number of nitrogens with one attached hydrogen (secondary N) is 1. The predicted molar refractivity (Wildman–Crippen MR) is 107 cm³/mol. The molecule has 1 amide bonds. The molecule has 0 spiro atoms. The summed E-state index contributed by atoms with van der Waals surface area (Å²) >= 11 is 5.92.